The van der Waals surface area contributed by atoms with Crippen molar-refractivity contribution >= 4 is 11.8 Å². The molecule has 3 heterocycles. The van der Waals surface area contributed by atoms with E-state index in [1.807, 2.05) is 49.1 Å². The lowest BCUT2D eigenvalue weighted by molar-refractivity contribution is -0.732. The highest BCUT2D eigenvalue weighted by atomic mass is 16.9. The zero-order valence-corrected chi connectivity index (χ0v) is 9.70. The van der Waals surface area contributed by atoms with Gasteiger partial charge in [-0.05, 0) is 24.3 Å². The predicted octanol–water partition coefficient (Wildman–Crippen LogP) is 1.36. The van der Waals surface area contributed by atoms with Crippen LogP contribution in [0.1, 0.15) is 11.7 Å². The third kappa shape index (κ3) is 1.43. The molecule has 1 atom stereocenters. The Bertz CT molecular complexity index is 552. The van der Waals surface area contributed by atoms with Crippen LogP contribution in [-0.4, -0.2) is 34.2 Å². The first-order valence-corrected chi connectivity index (χ1v) is 5.43. The number of hydrogen-bond donors (Lipinski definition) is 0. The van der Waals surface area contributed by atoms with Gasteiger partial charge in [0.25, 0.3) is 5.71 Å². The van der Waals surface area contributed by atoms with Gasteiger partial charge in [0.05, 0.1) is 0 Å². The van der Waals surface area contributed by atoms with Crippen LogP contribution in [0, 0.1) is 5.21 Å². The minimum absolute atomic E-state index is 0.0892. The summed E-state index contributed by atoms with van der Waals surface area (Å²) in [5.74, 6) is 0.559. The topological polar surface area (TPSA) is 43.5 Å². The molecule has 1 aromatic rings. The van der Waals surface area contributed by atoms with Crippen LogP contribution in [-0.2, 0) is 4.84 Å². The first-order valence-electron chi connectivity index (χ1n) is 5.43. The van der Waals surface area contributed by atoms with Crippen LogP contribution in [0.4, 0.5) is 0 Å². The molecular weight excluding hydrogens is 218 g/mol. The van der Waals surface area contributed by atoms with Gasteiger partial charge in [0.15, 0.2) is 0 Å². The average Bonchev–Trinajstić information content (AvgIpc) is 2.76. The summed E-state index contributed by atoms with van der Waals surface area (Å²) in [5, 5.41) is 11.8. The van der Waals surface area contributed by atoms with E-state index in [-0.39, 0.29) is 6.04 Å². The highest BCUT2D eigenvalue weighted by molar-refractivity contribution is 6.00. The summed E-state index contributed by atoms with van der Waals surface area (Å²) < 4.78 is 2.05. The molecule has 0 unspecified atom stereocenters. The van der Waals surface area contributed by atoms with E-state index in [0.29, 0.717) is 16.5 Å². The number of allylic oxidation sites excluding steroid dienone is 2. The Kier molecular flexibility index (Phi) is 2.01. The van der Waals surface area contributed by atoms with Gasteiger partial charge < -0.3 is 14.3 Å². The molecule has 0 bridgehead atoms. The molecule has 0 saturated heterocycles. The summed E-state index contributed by atoms with van der Waals surface area (Å²) in [6.45, 7) is 0. The summed E-state index contributed by atoms with van der Waals surface area (Å²) in [5.41, 5.74) is 1.68. The summed E-state index contributed by atoms with van der Waals surface area (Å²) in [7, 11) is 3.69. The number of fused-ring (bicyclic) bond motifs is 3. The van der Waals surface area contributed by atoms with Gasteiger partial charge in [-0.25, -0.2) is 0 Å². The fourth-order valence-corrected chi connectivity index (χ4v) is 2.08. The highest BCUT2D eigenvalue weighted by Gasteiger charge is 2.31. The van der Waals surface area contributed by atoms with Gasteiger partial charge in [0.2, 0.25) is 0 Å². The second kappa shape index (κ2) is 3.41. The van der Waals surface area contributed by atoms with Gasteiger partial charge in [0, 0.05) is 37.0 Å². The van der Waals surface area contributed by atoms with Gasteiger partial charge in [-0.1, -0.05) is 0 Å². The second-order valence-electron chi connectivity index (χ2n) is 4.29. The van der Waals surface area contributed by atoms with E-state index in [2.05, 4.69) is 0 Å². The van der Waals surface area contributed by atoms with Gasteiger partial charge in [-0.2, -0.15) is 0 Å². The molecule has 0 fully saturated rings. The summed E-state index contributed by atoms with van der Waals surface area (Å²) in [4.78, 5) is 7.54. The average molecular weight is 231 g/mol. The summed E-state index contributed by atoms with van der Waals surface area (Å²) >= 11 is 0. The molecule has 0 aromatic carbocycles. The number of rotatable bonds is 1. The van der Waals surface area contributed by atoms with Crippen LogP contribution in [0.15, 0.2) is 36.4 Å². The van der Waals surface area contributed by atoms with Crippen LogP contribution < -0.4 is 0 Å². The quantitative estimate of drug-likeness (QED) is 0.685. The summed E-state index contributed by atoms with van der Waals surface area (Å²) in [6, 6.07) is 3.89. The van der Waals surface area contributed by atoms with E-state index >= 15 is 0 Å². The van der Waals surface area contributed by atoms with Crippen molar-refractivity contribution in [1.82, 2.24) is 9.47 Å². The van der Waals surface area contributed by atoms with Crippen LogP contribution in [0.5, 0.6) is 0 Å². The lowest BCUT2D eigenvalue weighted by Gasteiger charge is -2.28. The number of hydrogen-bond acceptors (Lipinski definition) is 3. The molecule has 17 heavy (non-hydrogen) atoms. The Hall–Kier alpha value is -2.17. The molecule has 0 saturated carbocycles. The van der Waals surface area contributed by atoms with Crippen molar-refractivity contribution in [2.45, 2.75) is 6.04 Å². The van der Waals surface area contributed by atoms with Crippen molar-refractivity contribution in [3.8, 4) is 0 Å². The molecule has 0 amide bonds. The monoisotopic (exact) mass is 231 g/mol. The minimum Gasteiger partial charge on any atom is -0.368 e. The van der Waals surface area contributed by atoms with Crippen molar-refractivity contribution in [3.05, 3.63) is 47.3 Å². The molecule has 5 heteroatoms. The van der Waals surface area contributed by atoms with Crippen LogP contribution in [0.2, 0.25) is 0 Å². The zero-order chi connectivity index (χ0) is 12.0. The van der Waals surface area contributed by atoms with E-state index in [1.165, 1.54) is 0 Å². The molecule has 88 valence electrons. The Morgan fingerprint density at radius 1 is 1.41 bits per heavy atom. The Morgan fingerprint density at radius 3 is 3.00 bits per heavy atom. The van der Waals surface area contributed by atoms with Gasteiger partial charge >= 0.3 is 0 Å². The van der Waals surface area contributed by atoms with E-state index in [1.54, 1.807) is 11.0 Å². The van der Waals surface area contributed by atoms with Crippen LogP contribution in [0.25, 0.3) is 6.08 Å². The zero-order valence-electron chi connectivity index (χ0n) is 9.70. The smallest absolute Gasteiger partial charge is 0.272 e. The van der Waals surface area contributed by atoms with Crippen molar-refractivity contribution in [1.29, 1.82) is 0 Å². The van der Waals surface area contributed by atoms with Crippen molar-refractivity contribution in [3.63, 3.8) is 0 Å². The Balaban J connectivity index is 2.11. The maximum atomic E-state index is 11.8. The first kappa shape index (κ1) is 10.0. The molecule has 2 aliphatic heterocycles. The standard InChI is InChI=1S/C12H13N3O2/c1-13(2)12-8-11-10(15(16)17-12)6-5-9-4-3-7-14(9)11/h3-8,11H,1-2H3/t11-/m0/s1. The van der Waals surface area contributed by atoms with E-state index in [0.717, 1.165) is 5.69 Å². The lowest BCUT2D eigenvalue weighted by Crippen LogP contribution is -2.34. The third-order valence-corrected chi connectivity index (χ3v) is 2.97. The maximum absolute atomic E-state index is 11.8. The maximum Gasteiger partial charge on any atom is 0.272 e. The molecule has 3 rings (SSSR count). The van der Waals surface area contributed by atoms with Crippen molar-refractivity contribution < 1.29 is 9.74 Å². The van der Waals surface area contributed by atoms with E-state index in [4.69, 9.17) is 4.84 Å². The SMILES string of the molecule is CN(C)C1=C[C@H]2C(=[N+]([O-])O1)C=Cc1cccn12. The van der Waals surface area contributed by atoms with Crippen LogP contribution >= 0.6 is 0 Å². The fourth-order valence-electron chi connectivity index (χ4n) is 2.08. The predicted molar refractivity (Wildman–Crippen MR) is 64.0 cm³/mol. The normalized spacial score (nSPS) is 21.5. The largest absolute Gasteiger partial charge is 0.368 e. The Morgan fingerprint density at radius 2 is 2.24 bits per heavy atom. The fraction of sp³-hybridized carbons (Fsp3) is 0.250. The number of aromatic nitrogens is 1. The van der Waals surface area contributed by atoms with Crippen molar-refractivity contribution in [2.24, 2.45) is 0 Å². The van der Waals surface area contributed by atoms with Crippen LogP contribution in [0.3, 0.4) is 0 Å². The molecule has 2 aliphatic rings. The molecular formula is C12H13N3O2. The Labute approximate surface area is 99.1 Å². The second-order valence-corrected chi connectivity index (χ2v) is 4.29. The summed E-state index contributed by atoms with van der Waals surface area (Å²) in [6.07, 6.45) is 7.62. The van der Waals surface area contributed by atoms with Gasteiger partial charge in [-0.15, -0.1) is 0 Å². The molecule has 0 spiro atoms. The lowest BCUT2D eigenvalue weighted by atomic mass is 10.1. The van der Waals surface area contributed by atoms with E-state index < -0.39 is 0 Å². The molecule has 1 aromatic heterocycles. The molecule has 0 radical (unpaired) electrons. The van der Waals surface area contributed by atoms with Crippen molar-refractivity contribution in [2.75, 3.05) is 14.1 Å². The van der Waals surface area contributed by atoms with Gasteiger partial charge in [0.1, 0.15) is 11.9 Å². The molecule has 0 aliphatic carbocycles. The highest BCUT2D eigenvalue weighted by Crippen LogP contribution is 2.27. The molecule has 0 N–H and O–H groups in total. The third-order valence-electron chi connectivity index (χ3n) is 2.97. The minimum atomic E-state index is -0.0892. The first-order chi connectivity index (χ1) is 8.16. The van der Waals surface area contributed by atoms with Gasteiger partial charge in [-0.3, -0.25) is 5.21 Å². The van der Waals surface area contributed by atoms with E-state index in [9.17, 15) is 5.21 Å². The number of nitrogens with zero attached hydrogens (tertiary/aromatic N) is 3. The molecule has 5 nitrogen and oxygen atoms in total.